The van der Waals surface area contributed by atoms with Crippen LogP contribution in [0.2, 0.25) is 0 Å². The average Bonchev–Trinajstić information content (AvgIpc) is 3.47. The maximum Gasteiger partial charge on any atom is 0.408 e. The topological polar surface area (TPSA) is 224 Å². The smallest absolute Gasteiger partial charge is 0.408 e. The second-order valence-corrected chi connectivity index (χ2v) is 11.7. The fourth-order valence-electron chi connectivity index (χ4n) is 5.34. The van der Waals surface area contributed by atoms with Crippen molar-refractivity contribution in [1.82, 2.24) is 21.3 Å². The van der Waals surface area contributed by atoms with Crippen LogP contribution < -0.4 is 21.3 Å². The molecule has 6 N–H and O–H groups in total. The summed E-state index contributed by atoms with van der Waals surface area (Å²) in [6.45, 7) is 3.20. The van der Waals surface area contributed by atoms with Gasteiger partial charge in [0.1, 0.15) is 24.7 Å². The van der Waals surface area contributed by atoms with Crippen LogP contribution in [0.25, 0.3) is 0 Å². The number of nitriles is 1. The number of carboxylic acid groups (broad SMARTS) is 2. The standard InChI is InChI=1S/C34H39N5O9/c1-20(2)29(32(45)36-25(13-8-14-35)17-27(40)41)38-33(46)30(24-15-22-11-6-7-12-23(22)16-24)39-31(44)26(18-28(42)43)37-34(47)48-19-21-9-4-3-5-10-21/h3-13,20,24-26,29-30H,15-19H2,1-2H3,(H,36,45)(H,37,47)(H,38,46)(H,39,44)(H,40,41)(H,42,43)/b13-8+/t25-,26+,29+,30+/m1/s1. The molecule has 4 atom stereocenters. The van der Waals surface area contributed by atoms with Gasteiger partial charge in [0.15, 0.2) is 0 Å². The number of benzene rings is 2. The lowest BCUT2D eigenvalue weighted by Crippen LogP contribution is -2.60. The zero-order chi connectivity index (χ0) is 35.2. The summed E-state index contributed by atoms with van der Waals surface area (Å²) in [4.78, 5) is 76.3. The highest BCUT2D eigenvalue weighted by atomic mass is 16.5. The predicted octanol–water partition coefficient (Wildman–Crippen LogP) is 1.84. The predicted molar refractivity (Wildman–Crippen MR) is 171 cm³/mol. The summed E-state index contributed by atoms with van der Waals surface area (Å²) in [5, 5.41) is 37.7. The van der Waals surface area contributed by atoms with E-state index in [4.69, 9.17) is 10.00 Å². The Morgan fingerprint density at radius 2 is 1.44 bits per heavy atom. The van der Waals surface area contributed by atoms with Gasteiger partial charge in [-0.05, 0) is 41.4 Å². The van der Waals surface area contributed by atoms with E-state index in [2.05, 4.69) is 21.3 Å². The molecule has 0 saturated heterocycles. The van der Waals surface area contributed by atoms with Crippen LogP contribution in [0.15, 0.2) is 66.7 Å². The van der Waals surface area contributed by atoms with Gasteiger partial charge < -0.3 is 36.2 Å². The molecular weight excluding hydrogens is 622 g/mol. The summed E-state index contributed by atoms with van der Waals surface area (Å²) >= 11 is 0. The van der Waals surface area contributed by atoms with Crippen LogP contribution in [-0.2, 0) is 48.2 Å². The molecular formula is C34H39N5O9. The van der Waals surface area contributed by atoms with Crippen molar-refractivity contribution in [3.63, 3.8) is 0 Å². The lowest BCUT2D eigenvalue weighted by molar-refractivity contribution is -0.140. The molecule has 2 aromatic rings. The number of carbonyl (C=O) groups excluding carboxylic acids is 4. The van der Waals surface area contributed by atoms with Crippen LogP contribution in [0.3, 0.4) is 0 Å². The minimum absolute atomic E-state index is 0.127. The fraction of sp³-hybridized carbons (Fsp3) is 0.382. The summed E-state index contributed by atoms with van der Waals surface area (Å²) in [7, 11) is 0. The summed E-state index contributed by atoms with van der Waals surface area (Å²) in [6.07, 6.45) is 0.708. The van der Waals surface area contributed by atoms with Crippen molar-refractivity contribution in [2.75, 3.05) is 0 Å². The van der Waals surface area contributed by atoms with E-state index in [0.29, 0.717) is 18.4 Å². The number of fused-ring (bicyclic) bond motifs is 1. The lowest BCUT2D eigenvalue weighted by Gasteiger charge is -2.30. The highest BCUT2D eigenvalue weighted by Gasteiger charge is 2.38. The number of carboxylic acids is 2. The first-order valence-corrected chi connectivity index (χ1v) is 15.3. The molecule has 0 bridgehead atoms. The molecule has 14 heteroatoms. The van der Waals surface area contributed by atoms with Gasteiger partial charge in [0, 0.05) is 6.08 Å². The summed E-state index contributed by atoms with van der Waals surface area (Å²) in [6, 6.07) is 12.9. The number of nitrogens with one attached hydrogen (secondary N) is 4. The minimum atomic E-state index is -1.60. The third-order valence-electron chi connectivity index (χ3n) is 7.71. The van der Waals surface area contributed by atoms with Gasteiger partial charge in [-0.25, -0.2) is 4.79 Å². The number of rotatable bonds is 16. The molecule has 1 aliphatic rings. The monoisotopic (exact) mass is 661 g/mol. The van der Waals surface area contributed by atoms with Gasteiger partial charge in [-0.15, -0.1) is 0 Å². The van der Waals surface area contributed by atoms with Gasteiger partial charge in [-0.3, -0.25) is 24.0 Å². The molecule has 3 rings (SSSR count). The van der Waals surface area contributed by atoms with Crippen molar-refractivity contribution in [2.45, 2.75) is 70.3 Å². The van der Waals surface area contributed by atoms with Crippen molar-refractivity contribution >= 4 is 35.8 Å². The van der Waals surface area contributed by atoms with E-state index in [-0.39, 0.29) is 6.61 Å². The largest absolute Gasteiger partial charge is 0.481 e. The number of carbonyl (C=O) groups is 6. The first kappa shape index (κ1) is 36.8. The number of ether oxygens (including phenoxy) is 1. The van der Waals surface area contributed by atoms with Crippen LogP contribution in [0.1, 0.15) is 43.4 Å². The second-order valence-electron chi connectivity index (χ2n) is 11.7. The van der Waals surface area contributed by atoms with Gasteiger partial charge in [0.05, 0.1) is 25.0 Å². The summed E-state index contributed by atoms with van der Waals surface area (Å²) in [5.41, 5.74) is 2.58. The molecule has 0 aromatic heterocycles. The molecule has 0 radical (unpaired) electrons. The lowest BCUT2D eigenvalue weighted by atomic mass is 9.93. The number of hydrogen-bond donors (Lipinski definition) is 6. The number of hydrogen-bond acceptors (Lipinski definition) is 8. The van der Waals surface area contributed by atoms with Gasteiger partial charge in [0.25, 0.3) is 0 Å². The first-order valence-electron chi connectivity index (χ1n) is 15.3. The first-order chi connectivity index (χ1) is 22.9. The third kappa shape index (κ3) is 11.3. The molecule has 48 heavy (non-hydrogen) atoms. The Labute approximate surface area is 277 Å². The molecule has 0 heterocycles. The molecule has 254 valence electrons. The zero-order valence-electron chi connectivity index (χ0n) is 26.5. The van der Waals surface area contributed by atoms with E-state index in [1.807, 2.05) is 24.3 Å². The summed E-state index contributed by atoms with van der Waals surface area (Å²) < 4.78 is 5.16. The van der Waals surface area contributed by atoms with Crippen molar-refractivity contribution < 1.29 is 43.7 Å². The van der Waals surface area contributed by atoms with Gasteiger partial charge in [0.2, 0.25) is 17.7 Å². The van der Waals surface area contributed by atoms with E-state index in [1.54, 1.807) is 50.2 Å². The molecule has 0 fully saturated rings. The maximum absolute atomic E-state index is 13.9. The van der Waals surface area contributed by atoms with E-state index >= 15 is 0 Å². The zero-order valence-corrected chi connectivity index (χ0v) is 26.5. The number of aliphatic carboxylic acids is 2. The quantitative estimate of drug-likeness (QED) is 0.143. The van der Waals surface area contributed by atoms with Crippen LogP contribution in [0, 0.1) is 23.2 Å². The molecule has 0 unspecified atom stereocenters. The Kier molecular flexibility index (Phi) is 13.7. The number of nitrogens with zero attached hydrogens (tertiary/aromatic N) is 1. The molecule has 14 nitrogen and oxygen atoms in total. The van der Waals surface area contributed by atoms with Gasteiger partial charge >= 0.3 is 18.0 Å². The molecule has 0 aliphatic heterocycles. The van der Waals surface area contributed by atoms with Gasteiger partial charge in [-0.1, -0.05) is 74.5 Å². The van der Waals surface area contributed by atoms with Crippen molar-refractivity contribution in [2.24, 2.45) is 11.8 Å². The Bertz CT molecular complexity index is 1530. The average molecular weight is 662 g/mol. The highest BCUT2D eigenvalue weighted by Crippen LogP contribution is 2.29. The third-order valence-corrected chi connectivity index (χ3v) is 7.71. The van der Waals surface area contributed by atoms with Crippen molar-refractivity contribution in [1.29, 1.82) is 5.26 Å². The van der Waals surface area contributed by atoms with Crippen molar-refractivity contribution in [3.8, 4) is 6.07 Å². The molecule has 0 saturated carbocycles. The summed E-state index contributed by atoms with van der Waals surface area (Å²) in [5.74, 6) is -5.97. The van der Waals surface area contributed by atoms with Crippen LogP contribution >= 0.6 is 0 Å². The minimum Gasteiger partial charge on any atom is -0.481 e. The molecule has 4 amide bonds. The Morgan fingerprint density at radius 3 is 2.00 bits per heavy atom. The van der Waals surface area contributed by atoms with E-state index in [1.165, 1.54) is 6.08 Å². The van der Waals surface area contributed by atoms with Crippen LogP contribution in [0.4, 0.5) is 4.79 Å². The SMILES string of the molecule is CC(C)[C@H](NC(=O)[C@@H](NC(=O)[C@H](CC(=O)O)NC(=O)OCc1ccccc1)C1Cc2ccccc2C1)C(=O)N[C@H](/C=C/C#N)CC(=O)O. The Hall–Kier alpha value is -5.71. The maximum atomic E-state index is 13.9. The second kappa shape index (κ2) is 17.8. The molecule has 2 aromatic carbocycles. The van der Waals surface area contributed by atoms with Crippen LogP contribution in [-0.4, -0.2) is 70.1 Å². The molecule has 0 spiro atoms. The normalized spacial score (nSPS) is 14.9. The van der Waals surface area contributed by atoms with E-state index < -0.39 is 84.6 Å². The van der Waals surface area contributed by atoms with Crippen molar-refractivity contribution in [3.05, 3.63) is 83.4 Å². The van der Waals surface area contributed by atoms with Crippen LogP contribution in [0.5, 0.6) is 0 Å². The number of allylic oxidation sites excluding steroid dienone is 1. The number of alkyl carbamates (subject to hydrolysis) is 1. The highest BCUT2D eigenvalue weighted by molar-refractivity contribution is 5.95. The Morgan fingerprint density at radius 1 is 0.833 bits per heavy atom. The van der Waals surface area contributed by atoms with E-state index in [9.17, 15) is 39.0 Å². The fourth-order valence-corrected chi connectivity index (χ4v) is 5.34. The van der Waals surface area contributed by atoms with E-state index in [0.717, 1.165) is 17.2 Å². The number of amides is 4. The molecule has 1 aliphatic carbocycles. The Balaban J connectivity index is 1.81. The van der Waals surface area contributed by atoms with Gasteiger partial charge in [-0.2, -0.15) is 5.26 Å².